The monoisotopic (exact) mass is 304 g/mol. The van der Waals surface area contributed by atoms with Gasteiger partial charge in [-0.05, 0) is 6.92 Å². The van der Waals surface area contributed by atoms with E-state index in [0.29, 0.717) is 0 Å². The number of esters is 3. The Morgan fingerprint density at radius 3 is 1.67 bits per heavy atom. The Morgan fingerprint density at radius 1 is 0.810 bits per heavy atom. The Labute approximate surface area is 122 Å². The molecule has 1 rings (SSSR count). The molecule has 1 aliphatic heterocycles. The zero-order chi connectivity index (χ0) is 16.2. The van der Waals surface area contributed by atoms with Crippen LogP contribution < -0.4 is 0 Å². The van der Waals surface area contributed by atoms with Crippen LogP contribution in [0.3, 0.4) is 0 Å². The van der Waals surface area contributed by atoms with E-state index in [9.17, 15) is 14.4 Å². The number of carbonyl (C=O) groups excluding carboxylic acids is 3. The predicted molar refractivity (Wildman–Crippen MR) is 68.0 cm³/mol. The number of hydrogen-bond acceptors (Lipinski definition) is 8. The van der Waals surface area contributed by atoms with Crippen molar-refractivity contribution in [2.24, 2.45) is 0 Å². The molecule has 0 amide bonds. The van der Waals surface area contributed by atoms with Gasteiger partial charge in [-0.3, -0.25) is 14.4 Å². The van der Waals surface area contributed by atoms with Gasteiger partial charge >= 0.3 is 17.9 Å². The first-order valence-corrected chi connectivity index (χ1v) is 6.46. The van der Waals surface area contributed by atoms with Crippen LogP contribution in [0.4, 0.5) is 0 Å². The van der Waals surface area contributed by atoms with Gasteiger partial charge in [-0.2, -0.15) is 0 Å². The van der Waals surface area contributed by atoms with E-state index in [1.165, 1.54) is 27.9 Å². The predicted octanol–water partition coefficient (Wildman–Crippen LogP) is 0.173. The molecule has 0 bridgehead atoms. The van der Waals surface area contributed by atoms with Crippen LogP contribution in [-0.4, -0.2) is 55.7 Å². The van der Waals surface area contributed by atoms with Crippen molar-refractivity contribution in [1.82, 2.24) is 0 Å². The van der Waals surface area contributed by atoms with Gasteiger partial charge in [0.2, 0.25) is 0 Å². The summed E-state index contributed by atoms with van der Waals surface area (Å²) >= 11 is 0. The molecule has 1 heterocycles. The summed E-state index contributed by atoms with van der Waals surface area (Å²) in [7, 11) is 1.37. The van der Waals surface area contributed by atoms with Crippen LogP contribution in [0.15, 0.2) is 0 Å². The third-order valence-corrected chi connectivity index (χ3v) is 2.87. The third-order valence-electron chi connectivity index (χ3n) is 2.87. The molecule has 21 heavy (non-hydrogen) atoms. The summed E-state index contributed by atoms with van der Waals surface area (Å²) in [5.41, 5.74) is 0. The molecular weight excluding hydrogens is 284 g/mol. The lowest BCUT2D eigenvalue weighted by molar-refractivity contribution is -0.294. The van der Waals surface area contributed by atoms with E-state index < -0.39 is 48.6 Å². The smallest absolute Gasteiger partial charge is 0.303 e. The van der Waals surface area contributed by atoms with Crippen LogP contribution in [0.5, 0.6) is 0 Å². The van der Waals surface area contributed by atoms with Gasteiger partial charge in [0, 0.05) is 27.9 Å². The number of ether oxygens (including phenoxy) is 5. The van der Waals surface area contributed by atoms with Gasteiger partial charge in [-0.1, -0.05) is 0 Å². The highest BCUT2D eigenvalue weighted by molar-refractivity contribution is 5.68. The summed E-state index contributed by atoms with van der Waals surface area (Å²) in [6, 6.07) is 0. The minimum absolute atomic E-state index is 0.565. The van der Waals surface area contributed by atoms with E-state index in [1.807, 2.05) is 0 Å². The van der Waals surface area contributed by atoms with Crippen molar-refractivity contribution in [3.8, 4) is 0 Å². The summed E-state index contributed by atoms with van der Waals surface area (Å²) in [5, 5.41) is 0. The Hall–Kier alpha value is -1.67. The number of hydrogen-bond donors (Lipinski definition) is 0. The Bertz CT molecular complexity index is 407. The minimum Gasteiger partial charge on any atom is -0.456 e. The fraction of sp³-hybridized carbons (Fsp3) is 0.769. The normalized spacial score (nSPS) is 32.1. The summed E-state index contributed by atoms with van der Waals surface area (Å²) in [6.07, 6.45) is -4.47. The standard InChI is InChI=1S/C13H20O8/c1-6-10(19-7(2)14)11(20-8(3)15)12(21-9(4)16)13(17-5)18-6/h6,10-13H,1-5H3/t6-,10-,11+,12+,13+/m0/s1. The number of rotatable bonds is 4. The molecule has 120 valence electrons. The summed E-state index contributed by atoms with van der Waals surface area (Å²) in [6.45, 7) is 5.27. The van der Waals surface area contributed by atoms with Gasteiger partial charge in [0.1, 0.15) is 0 Å². The largest absolute Gasteiger partial charge is 0.456 e. The fourth-order valence-corrected chi connectivity index (χ4v) is 2.16. The van der Waals surface area contributed by atoms with Crippen molar-refractivity contribution in [2.75, 3.05) is 7.11 Å². The molecule has 8 heteroatoms. The zero-order valence-corrected chi connectivity index (χ0v) is 12.7. The van der Waals surface area contributed by atoms with Crippen LogP contribution in [-0.2, 0) is 38.1 Å². The van der Waals surface area contributed by atoms with Gasteiger partial charge in [-0.15, -0.1) is 0 Å². The molecule has 1 aliphatic rings. The van der Waals surface area contributed by atoms with Gasteiger partial charge in [0.15, 0.2) is 24.6 Å². The van der Waals surface area contributed by atoms with Crippen LogP contribution in [0.1, 0.15) is 27.7 Å². The maximum absolute atomic E-state index is 11.3. The second kappa shape index (κ2) is 7.37. The molecular formula is C13H20O8. The Balaban J connectivity index is 3.08. The van der Waals surface area contributed by atoms with Gasteiger partial charge < -0.3 is 23.7 Å². The van der Waals surface area contributed by atoms with E-state index >= 15 is 0 Å². The Morgan fingerprint density at radius 2 is 1.24 bits per heavy atom. The van der Waals surface area contributed by atoms with Crippen LogP contribution >= 0.6 is 0 Å². The van der Waals surface area contributed by atoms with E-state index in [0.717, 1.165) is 0 Å². The molecule has 0 aromatic rings. The lowest BCUT2D eigenvalue weighted by Crippen LogP contribution is -2.60. The van der Waals surface area contributed by atoms with Crippen molar-refractivity contribution in [2.45, 2.75) is 58.4 Å². The van der Waals surface area contributed by atoms with Gasteiger partial charge in [0.05, 0.1) is 6.10 Å². The second-order valence-corrected chi connectivity index (χ2v) is 4.67. The SMILES string of the molecule is CO[C@@H]1O[C@@H](C)[C@H](OC(C)=O)[C@@H](OC(C)=O)[C@H]1OC(C)=O. The maximum Gasteiger partial charge on any atom is 0.303 e. The van der Waals surface area contributed by atoms with Crippen molar-refractivity contribution >= 4 is 17.9 Å². The van der Waals surface area contributed by atoms with E-state index in [2.05, 4.69) is 0 Å². The van der Waals surface area contributed by atoms with Gasteiger partial charge in [0.25, 0.3) is 0 Å². The van der Waals surface area contributed by atoms with E-state index in [-0.39, 0.29) is 0 Å². The van der Waals surface area contributed by atoms with Crippen LogP contribution in [0.25, 0.3) is 0 Å². The quantitative estimate of drug-likeness (QED) is 0.535. The third kappa shape index (κ3) is 4.68. The molecule has 0 radical (unpaired) electrons. The Kier molecular flexibility index (Phi) is 6.10. The number of carbonyl (C=O) groups is 3. The highest BCUT2D eigenvalue weighted by Gasteiger charge is 2.50. The summed E-state index contributed by atoms with van der Waals surface area (Å²) < 4.78 is 26.0. The highest BCUT2D eigenvalue weighted by Crippen LogP contribution is 2.28. The second-order valence-electron chi connectivity index (χ2n) is 4.67. The lowest BCUT2D eigenvalue weighted by Gasteiger charge is -2.42. The average Bonchev–Trinajstić information content (AvgIpc) is 2.35. The molecule has 0 unspecified atom stereocenters. The van der Waals surface area contributed by atoms with Crippen LogP contribution in [0.2, 0.25) is 0 Å². The first kappa shape index (κ1) is 17.4. The molecule has 0 aromatic carbocycles. The molecule has 0 saturated carbocycles. The van der Waals surface area contributed by atoms with Crippen molar-refractivity contribution < 1.29 is 38.1 Å². The van der Waals surface area contributed by atoms with Gasteiger partial charge in [-0.25, -0.2) is 0 Å². The topological polar surface area (TPSA) is 97.4 Å². The molecule has 0 aliphatic carbocycles. The highest BCUT2D eigenvalue weighted by atomic mass is 16.7. The first-order valence-electron chi connectivity index (χ1n) is 6.46. The molecule has 1 saturated heterocycles. The molecule has 0 spiro atoms. The molecule has 8 nitrogen and oxygen atoms in total. The summed E-state index contributed by atoms with van der Waals surface area (Å²) in [5.74, 6) is -1.76. The average molecular weight is 304 g/mol. The van der Waals surface area contributed by atoms with Crippen LogP contribution in [0, 0.1) is 0 Å². The van der Waals surface area contributed by atoms with Crippen molar-refractivity contribution in [3.63, 3.8) is 0 Å². The molecule has 0 N–H and O–H groups in total. The first-order chi connectivity index (χ1) is 9.76. The van der Waals surface area contributed by atoms with Crippen molar-refractivity contribution in [1.29, 1.82) is 0 Å². The van der Waals surface area contributed by atoms with E-state index in [4.69, 9.17) is 23.7 Å². The maximum atomic E-state index is 11.3. The molecule has 0 aromatic heterocycles. The summed E-state index contributed by atoms with van der Waals surface area (Å²) in [4.78, 5) is 33.7. The lowest BCUT2D eigenvalue weighted by atomic mass is 9.99. The molecule has 1 fully saturated rings. The van der Waals surface area contributed by atoms with E-state index in [1.54, 1.807) is 6.92 Å². The zero-order valence-electron chi connectivity index (χ0n) is 12.7. The number of methoxy groups -OCH3 is 1. The fourth-order valence-electron chi connectivity index (χ4n) is 2.16. The molecule has 5 atom stereocenters. The van der Waals surface area contributed by atoms with Crippen molar-refractivity contribution in [3.05, 3.63) is 0 Å². The minimum atomic E-state index is -1.03.